The zero-order valence-corrected chi connectivity index (χ0v) is 13.1. The van der Waals surface area contributed by atoms with Gasteiger partial charge in [-0.2, -0.15) is 0 Å². The Morgan fingerprint density at radius 3 is 0.955 bits per heavy atom. The molecule has 0 aliphatic carbocycles. The minimum atomic E-state index is 0.447. The molecule has 118 valence electrons. The zero-order valence-electron chi connectivity index (χ0n) is 13.1. The summed E-state index contributed by atoms with van der Waals surface area (Å²) in [5.41, 5.74) is 14.5. The van der Waals surface area contributed by atoms with Crippen LogP contribution in [0.4, 0.5) is 11.4 Å². The summed E-state index contributed by atoms with van der Waals surface area (Å²) in [5.74, 6) is 2.13. The lowest BCUT2D eigenvalue weighted by Crippen LogP contribution is -1.99. The van der Waals surface area contributed by atoms with E-state index in [1.165, 1.54) is 0 Å². The van der Waals surface area contributed by atoms with Gasteiger partial charge in [-0.1, -0.05) is 0 Å². The van der Waals surface area contributed by atoms with Crippen LogP contribution in [0.2, 0.25) is 0 Å². The van der Waals surface area contributed by atoms with Gasteiger partial charge in [0.25, 0.3) is 0 Å². The van der Waals surface area contributed by atoms with Crippen LogP contribution >= 0.6 is 0 Å². The molecule has 0 spiro atoms. The van der Waals surface area contributed by atoms with Gasteiger partial charge in [0.15, 0.2) is 0 Å². The first-order valence-corrected chi connectivity index (χ1v) is 6.59. The Kier molecular flexibility index (Phi) is 4.50. The van der Waals surface area contributed by atoms with Crippen molar-refractivity contribution in [1.29, 1.82) is 0 Å². The molecule has 0 aliphatic rings. The average molecular weight is 304 g/mol. The van der Waals surface area contributed by atoms with Gasteiger partial charge in [0.1, 0.15) is 34.4 Å². The van der Waals surface area contributed by atoms with E-state index < -0.39 is 0 Å². The van der Waals surface area contributed by atoms with Crippen LogP contribution < -0.4 is 30.4 Å². The van der Waals surface area contributed by atoms with Gasteiger partial charge in [0.2, 0.25) is 0 Å². The third kappa shape index (κ3) is 2.67. The summed E-state index contributed by atoms with van der Waals surface area (Å²) >= 11 is 0. The highest BCUT2D eigenvalue weighted by atomic mass is 16.5. The number of hydrogen-bond acceptors (Lipinski definition) is 6. The summed E-state index contributed by atoms with van der Waals surface area (Å²) in [5, 5.41) is 0. The Bertz CT molecular complexity index is 576. The van der Waals surface area contributed by atoms with E-state index >= 15 is 0 Å². The molecule has 2 rings (SSSR count). The van der Waals surface area contributed by atoms with Gasteiger partial charge < -0.3 is 30.4 Å². The Balaban J connectivity index is 2.65. The topological polar surface area (TPSA) is 89.0 Å². The van der Waals surface area contributed by atoms with Gasteiger partial charge in [-0.25, -0.2) is 0 Å². The van der Waals surface area contributed by atoms with Gasteiger partial charge in [0.05, 0.1) is 28.4 Å². The van der Waals surface area contributed by atoms with Crippen molar-refractivity contribution in [3.63, 3.8) is 0 Å². The first kappa shape index (κ1) is 15.6. The number of nitrogens with two attached hydrogens (primary N) is 2. The molecule has 0 amide bonds. The first-order valence-electron chi connectivity index (χ1n) is 6.59. The van der Waals surface area contributed by atoms with Crippen LogP contribution in [0.5, 0.6) is 23.0 Å². The van der Waals surface area contributed by atoms with E-state index in [1.807, 2.05) is 24.3 Å². The highest BCUT2D eigenvalue weighted by Gasteiger charge is 2.14. The molecule has 22 heavy (non-hydrogen) atoms. The number of methoxy groups -OCH3 is 4. The number of anilines is 2. The highest BCUT2D eigenvalue weighted by molar-refractivity contribution is 5.79. The van der Waals surface area contributed by atoms with E-state index in [0.29, 0.717) is 34.4 Å². The Labute approximate surface area is 129 Å². The molecule has 0 aromatic heterocycles. The molecule has 0 saturated carbocycles. The van der Waals surface area contributed by atoms with Crippen molar-refractivity contribution in [2.45, 2.75) is 0 Å². The largest absolute Gasteiger partial charge is 0.494 e. The van der Waals surface area contributed by atoms with Crippen LogP contribution in [-0.2, 0) is 0 Å². The fourth-order valence-electron chi connectivity index (χ4n) is 2.21. The molecular formula is C16H20N2O4. The van der Waals surface area contributed by atoms with E-state index in [-0.39, 0.29) is 0 Å². The second kappa shape index (κ2) is 6.34. The smallest absolute Gasteiger partial charge is 0.146 e. The Morgan fingerprint density at radius 1 is 0.545 bits per heavy atom. The van der Waals surface area contributed by atoms with Crippen LogP contribution in [0, 0.1) is 0 Å². The van der Waals surface area contributed by atoms with Crippen molar-refractivity contribution in [3.8, 4) is 34.1 Å². The molecule has 0 unspecified atom stereocenters. The highest BCUT2D eigenvalue weighted by Crippen LogP contribution is 2.41. The van der Waals surface area contributed by atoms with E-state index in [2.05, 4.69) is 0 Å². The van der Waals surface area contributed by atoms with E-state index in [9.17, 15) is 0 Å². The first-order chi connectivity index (χ1) is 10.5. The summed E-state index contributed by atoms with van der Waals surface area (Å²) in [6.45, 7) is 0. The molecule has 0 fully saturated rings. The molecule has 2 aromatic carbocycles. The van der Waals surface area contributed by atoms with Crippen molar-refractivity contribution < 1.29 is 18.9 Å². The molecule has 2 aromatic rings. The SMILES string of the molecule is COc1cc(-c2cc(OC)c(N)c(OC)c2)cc(OC)c1N. The summed E-state index contributed by atoms with van der Waals surface area (Å²) in [6.07, 6.45) is 0. The van der Waals surface area contributed by atoms with Crippen molar-refractivity contribution >= 4 is 11.4 Å². The van der Waals surface area contributed by atoms with E-state index in [0.717, 1.165) is 11.1 Å². The van der Waals surface area contributed by atoms with E-state index in [4.69, 9.17) is 30.4 Å². The van der Waals surface area contributed by atoms with Crippen molar-refractivity contribution in [2.75, 3.05) is 39.9 Å². The summed E-state index contributed by atoms with van der Waals surface area (Å²) in [7, 11) is 6.22. The monoisotopic (exact) mass is 304 g/mol. The molecule has 0 saturated heterocycles. The van der Waals surface area contributed by atoms with Crippen molar-refractivity contribution in [3.05, 3.63) is 24.3 Å². The van der Waals surface area contributed by atoms with Crippen molar-refractivity contribution in [2.24, 2.45) is 0 Å². The third-order valence-corrected chi connectivity index (χ3v) is 3.42. The summed E-state index contributed by atoms with van der Waals surface area (Å²) in [4.78, 5) is 0. The van der Waals surface area contributed by atoms with Crippen LogP contribution in [0.25, 0.3) is 11.1 Å². The maximum absolute atomic E-state index is 5.97. The standard InChI is InChI=1S/C16H20N2O4/c1-19-11-5-9(6-12(20-2)15(11)17)10-7-13(21-3)16(18)14(8-10)22-4/h5-8H,17-18H2,1-4H3. The number of nitrogen functional groups attached to an aromatic ring is 2. The molecule has 6 nitrogen and oxygen atoms in total. The van der Waals surface area contributed by atoms with Crippen LogP contribution in [0.15, 0.2) is 24.3 Å². The molecule has 6 heteroatoms. The number of hydrogen-bond donors (Lipinski definition) is 2. The molecule has 0 heterocycles. The van der Waals surface area contributed by atoms with Gasteiger partial charge in [-0.05, 0) is 35.4 Å². The number of rotatable bonds is 5. The average Bonchev–Trinajstić information content (AvgIpc) is 2.55. The normalized spacial score (nSPS) is 10.2. The predicted molar refractivity (Wildman–Crippen MR) is 86.9 cm³/mol. The fourth-order valence-corrected chi connectivity index (χ4v) is 2.21. The van der Waals surface area contributed by atoms with Gasteiger partial charge in [-0.3, -0.25) is 0 Å². The van der Waals surface area contributed by atoms with Crippen LogP contribution in [0.1, 0.15) is 0 Å². The number of ether oxygens (including phenoxy) is 4. The molecular weight excluding hydrogens is 284 g/mol. The molecule has 0 bridgehead atoms. The lowest BCUT2D eigenvalue weighted by molar-refractivity contribution is 0.397. The van der Waals surface area contributed by atoms with E-state index in [1.54, 1.807) is 28.4 Å². The summed E-state index contributed by atoms with van der Waals surface area (Å²) < 4.78 is 21.2. The van der Waals surface area contributed by atoms with Gasteiger partial charge in [-0.15, -0.1) is 0 Å². The summed E-state index contributed by atoms with van der Waals surface area (Å²) in [6, 6.07) is 7.29. The minimum absolute atomic E-state index is 0.447. The Morgan fingerprint density at radius 2 is 0.773 bits per heavy atom. The lowest BCUT2D eigenvalue weighted by atomic mass is 10.0. The third-order valence-electron chi connectivity index (χ3n) is 3.42. The second-order valence-corrected chi connectivity index (χ2v) is 4.59. The fraction of sp³-hybridized carbons (Fsp3) is 0.250. The molecule has 0 radical (unpaired) electrons. The molecule has 0 atom stereocenters. The maximum atomic E-state index is 5.97. The second-order valence-electron chi connectivity index (χ2n) is 4.59. The van der Waals surface area contributed by atoms with Crippen LogP contribution in [-0.4, -0.2) is 28.4 Å². The van der Waals surface area contributed by atoms with Crippen LogP contribution in [0.3, 0.4) is 0 Å². The van der Waals surface area contributed by atoms with Crippen molar-refractivity contribution in [1.82, 2.24) is 0 Å². The van der Waals surface area contributed by atoms with Gasteiger partial charge >= 0.3 is 0 Å². The maximum Gasteiger partial charge on any atom is 0.146 e. The predicted octanol–water partition coefficient (Wildman–Crippen LogP) is 2.55. The minimum Gasteiger partial charge on any atom is -0.494 e. The number of benzene rings is 2. The Hall–Kier alpha value is -2.76. The lowest BCUT2D eigenvalue weighted by Gasteiger charge is -2.15. The molecule has 0 aliphatic heterocycles. The van der Waals surface area contributed by atoms with Gasteiger partial charge in [0, 0.05) is 0 Å². The quantitative estimate of drug-likeness (QED) is 0.825. The molecule has 4 N–H and O–H groups in total. The zero-order chi connectivity index (χ0) is 16.3.